The molecule has 2 aromatic rings. The molecule has 1 atom stereocenters. The number of fused-ring (bicyclic) bond motifs is 1. The molecule has 5 heteroatoms. The number of hydrogen-bond donors (Lipinski definition) is 0. The van der Waals surface area contributed by atoms with Crippen molar-refractivity contribution in [1.29, 1.82) is 0 Å². The van der Waals surface area contributed by atoms with Crippen molar-refractivity contribution in [3.05, 3.63) is 40.1 Å². The summed E-state index contributed by atoms with van der Waals surface area (Å²) in [6, 6.07) is 4.35. The van der Waals surface area contributed by atoms with E-state index in [1.807, 2.05) is 11.3 Å². The van der Waals surface area contributed by atoms with Crippen LogP contribution in [0.4, 0.5) is 0 Å². The molecule has 2 aliphatic rings. The molecule has 0 spiro atoms. The predicted molar refractivity (Wildman–Crippen MR) is 88.0 cm³/mol. The number of thiophene rings is 1. The molecule has 4 nitrogen and oxygen atoms in total. The van der Waals surface area contributed by atoms with E-state index in [4.69, 9.17) is 9.72 Å². The quantitative estimate of drug-likeness (QED) is 0.820. The van der Waals surface area contributed by atoms with Gasteiger partial charge < -0.3 is 9.30 Å². The Hall–Kier alpha value is -1.17. The fourth-order valence-corrected chi connectivity index (χ4v) is 4.25. The van der Waals surface area contributed by atoms with Crippen molar-refractivity contribution in [3.63, 3.8) is 0 Å². The Labute approximate surface area is 135 Å². The summed E-state index contributed by atoms with van der Waals surface area (Å²) >= 11 is 1.84. The van der Waals surface area contributed by atoms with E-state index in [1.165, 1.54) is 29.1 Å². The summed E-state index contributed by atoms with van der Waals surface area (Å²) in [5.41, 5.74) is 2.68. The summed E-state index contributed by atoms with van der Waals surface area (Å²) in [7, 11) is 1.81. The molecule has 3 heterocycles. The van der Waals surface area contributed by atoms with Gasteiger partial charge in [0.05, 0.1) is 18.6 Å². The molecule has 22 heavy (non-hydrogen) atoms. The number of rotatable bonds is 6. The minimum absolute atomic E-state index is 0.440. The largest absolute Gasteiger partial charge is 0.384 e. The summed E-state index contributed by atoms with van der Waals surface area (Å²) in [5.74, 6) is 1.32. The van der Waals surface area contributed by atoms with Crippen LogP contribution < -0.4 is 0 Å². The van der Waals surface area contributed by atoms with Crippen LogP contribution in [-0.2, 0) is 24.4 Å². The molecule has 0 amide bonds. The van der Waals surface area contributed by atoms with Crippen LogP contribution in [0.1, 0.15) is 35.0 Å². The maximum Gasteiger partial charge on any atom is 0.0952 e. The van der Waals surface area contributed by atoms with Gasteiger partial charge in [-0.3, -0.25) is 4.90 Å². The molecule has 0 N–H and O–H groups in total. The van der Waals surface area contributed by atoms with Crippen molar-refractivity contribution < 1.29 is 4.74 Å². The molecule has 1 fully saturated rings. The van der Waals surface area contributed by atoms with Crippen LogP contribution in [0.3, 0.4) is 0 Å². The SMILES string of the molecule is COCC1CN(Cc2cccs2)Cc2ncn(CC3CC3)c21. The summed E-state index contributed by atoms with van der Waals surface area (Å²) in [5, 5.41) is 2.15. The second kappa shape index (κ2) is 6.14. The Morgan fingerprint density at radius 3 is 3.05 bits per heavy atom. The summed E-state index contributed by atoms with van der Waals surface area (Å²) in [4.78, 5) is 8.65. The van der Waals surface area contributed by atoms with E-state index >= 15 is 0 Å². The van der Waals surface area contributed by atoms with Crippen molar-refractivity contribution in [2.45, 2.75) is 38.4 Å². The first-order valence-electron chi connectivity index (χ1n) is 8.11. The van der Waals surface area contributed by atoms with Gasteiger partial charge in [-0.2, -0.15) is 0 Å². The number of imidazole rings is 1. The molecule has 118 valence electrons. The summed E-state index contributed by atoms with van der Waals surface area (Å²) in [6.07, 6.45) is 4.82. The second-order valence-electron chi connectivity index (χ2n) is 6.57. The van der Waals surface area contributed by atoms with E-state index in [-0.39, 0.29) is 0 Å². The minimum Gasteiger partial charge on any atom is -0.384 e. The maximum absolute atomic E-state index is 5.50. The smallest absolute Gasteiger partial charge is 0.0952 e. The molecular weight excluding hydrogens is 294 g/mol. The number of methoxy groups -OCH3 is 1. The van der Waals surface area contributed by atoms with Gasteiger partial charge in [-0.1, -0.05) is 6.07 Å². The molecule has 4 rings (SSSR count). The number of ether oxygens (including phenoxy) is 1. The Kier molecular flexibility index (Phi) is 4.03. The Balaban J connectivity index is 1.55. The van der Waals surface area contributed by atoms with Gasteiger partial charge in [0.2, 0.25) is 0 Å². The molecule has 0 radical (unpaired) electrons. The van der Waals surface area contributed by atoms with Gasteiger partial charge in [0.1, 0.15) is 0 Å². The van der Waals surface area contributed by atoms with E-state index in [9.17, 15) is 0 Å². The van der Waals surface area contributed by atoms with Crippen LogP contribution in [0.15, 0.2) is 23.8 Å². The zero-order valence-corrected chi connectivity index (χ0v) is 13.9. The molecule has 0 aromatic carbocycles. The van der Waals surface area contributed by atoms with E-state index in [0.29, 0.717) is 5.92 Å². The lowest BCUT2D eigenvalue weighted by Gasteiger charge is -2.32. The van der Waals surface area contributed by atoms with Crippen LogP contribution in [0.2, 0.25) is 0 Å². The van der Waals surface area contributed by atoms with E-state index in [0.717, 1.165) is 38.7 Å². The van der Waals surface area contributed by atoms with Crippen molar-refractivity contribution in [2.75, 3.05) is 20.3 Å². The molecule has 1 saturated carbocycles. The normalized spacial score (nSPS) is 22.0. The number of hydrogen-bond acceptors (Lipinski definition) is 4. The highest BCUT2D eigenvalue weighted by Gasteiger charge is 2.31. The van der Waals surface area contributed by atoms with E-state index in [2.05, 4.69) is 33.3 Å². The van der Waals surface area contributed by atoms with Crippen molar-refractivity contribution in [1.82, 2.24) is 14.5 Å². The minimum atomic E-state index is 0.440. The van der Waals surface area contributed by atoms with Gasteiger partial charge in [-0.05, 0) is 30.2 Å². The molecule has 0 saturated heterocycles. The average Bonchev–Trinajstić information content (AvgIpc) is 3.00. The van der Waals surface area contributed by atoms with Gasteiger partial charge >= 0.3 is 0 Å². The Morgan fingerprint density at radius 1 is 1.41 bits per heavy atom. The molecule has 1 unspecified atom stereocenters. The van der Waals surface area contributed by atoms with Gasteiger partial charge in [0.25, 0.3) is 0 Å². The van der Waals surface area contributed by atoms with E-state index in [1.54, 1.807) is 7.11 Å². The third-order valence-corrected chi connectivity index (χ3v) is 5.54. The van der Waals surface area contributed by atoms with Crippen molar-refractivity contribution in [3.8, 4) is 0 Å². The highest BCUT2D eigenvalue weighted by Crippen LogP contribution is 2.34. The predicted octanol–water partition coefficient (Wildman–Crippen LogP) is 3.10. The van der Waals surface area contributed by atoms with Crippen LogP contribution >= 0.6 is 11.3 Å². The second-order valence-corrected chi connectivity index (χ2v) is 7.61. The van der Waals surface area contributed by atoms with Crippen molar-refractivity contribution in [2.24, 2.45) is 5.92 Å². The first-order valence-corrected chi connectivity index (χ1v) is 8.99. The lowest BCUT2D eigenvalue weighted by Crippen LogP contribution is -2.36. The van der Waals surface area contributed by atoms with Crippen LogP contribution in [-0.4, -0.2) is 34.7 Å². The van der Waals surface area contributed by atoms with Crippen LogP contribution in [0.25, 0.3) is 0 Å². The first kappa shape index (κ1) is 14.4. The lowest BCUT2D eigenvalue weighted by molar-refractivity contribution is 0.132. The fourth-order valence-electron chi connectivity index (χ4n) is 3.50. The lowest BCUT2D eigenvalue weighted by atomic mass is 9.98. The zero-order valence-electron chi connectivity index (χ0n) is 13.1. The highest BCUT2D eigenvalue weighted by molar-refractivity contribution is 7.09. The topological polar surface area (TPSA) is 30.3 Å². The highest BCUT2D eigenvalue weighted by atomic mass is 32.1. The van der Waals surface area contributed by atoms with Gasteiger partial charge in [-0.15, -0.1) is 11.3 Å². The average molecular weight is 317 g/mol. The molecular formula is C17H23N3OS. The van der Waals surface area contributed by atoms with Gasteiger partial charge in [0, 0.05) is 49.8 Å². The zero-order chi connectivity index (χ0) is 14.9. The first-order chi connectivity index (χ1) is 10.8. The summed E-state index contributed by atoms with van der Waals surface area (Å²) < 4.78 is 7.90. The van der Waals surface area contributed by atoms with Crippen molar-refractivity contribution >= 4 is 11.3 Å². The third kappa shape index (κ3) is 2.98. The standard InChI is InChI=1S/C17H23N3OS/c1-21-11-14-8-19(9-15-3-2-6-22-15)10-16-17(14)20(12-18-16)7-13-4-5-13/h2-3,6,12-14H,4-5,7-11H2,1H3. The Morgan fingerprint density at radius 2 is 2.32 bits per heavy atom. The van der Waals surface area contributed by atoms with Gasteiger partial charge in [0.15, 0.2) is 0 Å². The maximum atomic E-state index is 5.50. The van der Waals surface area contributed by atoms with E-state index < -0.39 is 0 Å². The Bertz CT molecular complexity index is 618. The monoisotopic (exact) mass is 317 g/mol. The van der Waals surface area contributed by atoms with Crippen LogP contribution in [0.5, 0.6) is 0 Å². The third-order valence-electron chi connectivity index (χ3n) is 4.68. The van der Waals surface area contributed by atoms with Crippen LogP contribution in [0, 0.1) is 5.92 Å². The number of aromatic nitrogens is 2. The molecule has 0 bridgehead atoms. The molecule has 1 aliphatic carbocycles. The fraction of sp³-hybridized carbons (Fsp3) is 0.588. The summed E-state index contributed by atoms with van der Waals surface area (Å²) in [6.45, 7) is 4.98. The number of nitrogens with zero attached hydrogens (tertiary/aromatic N) is 3. The molecule has 1 aliphatic heterocycles. The molecule has 2 aromatic heterocycles. The van der Waals surface area contributed by atoms with Gasteiger partial charge in [-0.25, -0.2) is 4.98 Å².